The van der Waals surface area contributed by atoms with Gasteiger partial charge in [0.2, 0.25) is 0 Å². The average molecular weight is 473 g/mol. The number of benzene rings is 2. The summed E-state index contributed by atoms with van der Waals surface area (Å²) in [6, 6.07) is 18.3. The average Bonchev–Trinajstić information content (AvgIpc) is 3.23. The van der Waals surface area contributed by atoms with Crippen molar-refractivity contribution in [3.8, 4) is 5.75 Å². The molecule has 33 heavy (non-hydrogen) atoms. The Morgan fingerprint density at radius 2 is 1.52 bits per heavy atom. The number of aliphatic carboxylic acids is 2. The van der Waals surface area contributed by atoms with Crippen LogP contribution in [-0.4, -0.2) is 82.5 Å². The summed E-state index contributed by atoms with van der Waals surface area (Å²) in [7, 11) is 0. The molecule has 2 aromatic carbocycles. The molecule has 176 valence electrons. The summed E-state index contributed by atoms with van der Waals surface area (Å²) in [6.45, 7) is 6.08. The van der Waals surface area contributed by atoms with Crippen LogP contribution < -0.4 is 4.74 Å². The van der Waals surface area contributed by atoms with E-state index in [2.05, 4.69) is 39.4 Å². The third-order valence-corrected chi connectivity index (χ3v) is 6.27. The molecule has 0 bridgehead atoms. The van der Waals surface area contributed by atoms with E-state index < -0.39 is 18.0 Å². The molecule has 1 saturated heterocycles. The predicted molar refractivity (Wildman–Crippen MR) is 127 cm³/mol. The van der Waals surface area contributed by atoms with E-state index in [0.717, 1.165) is 38.5 Å². The minimum absolute atomic E-state index is 0.338. The third kappa shape index (κ3) is 7.83. The second-order valence-corrected chi connectivity index (χ2v) is 8.63. The maximum Gasteiger partial charge on any atom is 0.414 e. The number of aliphatic hydroxyl groups is 1. The van der Waals surface area contributed by atoms with Crippen LogP contribution >= 0.6 is 11.3 Å². The first-order valence-corrected chi connectivity index (χ1v) is 11.5. The molecule has 0 saturated carbocycles. The van der Waals surface area contributed by atoms with Crippen molar-refractivity contribution in [1.82, 2.24) is 9.80 Å². The summed E-state index contributed by atoms with van der Waals surface area (Å²) in [5, 5.41) is 28.7. The maximum absolute atomic E-state index is 10.3. The van der Waals surface area contributed by atoms with Crippen molar-refractivity contribution >= 4 is 33.4 Å². The number of carboxylic acids is 2. The molecule has 2 heterocycles. The normalized spacial score (nSPS) is 15.4. The van der Waals surface area contributed by atoms with Gasteiger partial charge in [-0.05, 0) is 34.5 Å². The molecule has 0 radical (unpaired) electrons. The first kappa shape index (κ1) is 24.7. The van der Waals surface area contributed by atoms with Crippen LogP contribution in [-0.2, 0) is 16.1 Å². The molecule has 3 aromatic rings. The number of rotatable bonds is 7. The van der Waals surface area contributed by atoms with Crippen molar-refractivity contribution in [1.29, 1.82) is 0 Å². The lowest BCUT2D eigenvalue weighted by Gasteiger charge is -2.35. The van der Waals surface area contributed by atoms with Crippen molar-refractivity contribution in [3.05, 3.63) is 65.5 Å². The number of carboxylic acid groups (broad SMARTS) is 2. The SMILES string of the molecule is O=C(O)C(=O)O.OC(COc1ccccc1)CN1CCN(Cc2csc3ccccc23)CC1. The number of thiophene rings is 1. The Kier molecular flexibility index (Phi) is 9.20. The van der Waals surface area contributed by atoms with E-state index >= 15 is 0 Å². The van der Waals surface area contributed by atoms with Gasteiger partial charge in [-0.2, -0.15) is 0 Å². The highest BCUT2D eigenvalue weighted by molar-refractivity contribution is 7.17. The Labute approximate surface area is 196 Å². The summed E-state index contributed by atoms with van der Waals surface area (Å²) in [5.74, 6) is -2.84. The van der Waals surface area contributed by atoms with Gasteiger partial charge in [-0.25, -0.2) is 9.59 Å². The van der Waals surface area contributed by atoms with Gasteiger partial charge in [0.05, 0.1) is 0 Å². The van der Waals surface area contributed by atoms with Crippen LogP contribution in [0.25, 0.3) is 10.1 Å². The number of fused-ring (bicyclic) bond motifs is 1. The van der Waals surface area contributed by atoms with Gasteiger partial charge in [0.25, 0.3) is 0 Å². The molecule has 1 atom stereocenters. The van der Waals surface area contributed by atoms with Crippen molar-refractivity contribution < 1.29 is 29.6 Å². The number of carbonyl (C=O) groups is 2. The highest BCUT2D eigenvalue weighted by Gasteiger charge is 2.20. The summed E-state index contributed by atoms with van der Waals surface area (Å²) >= 11 is 1.83. The van der Waals surface area contributed by atoms with Gasteiger partial charge in [-0.1, -0.05) is 36.4 Å². The lowest BCUT2D eigenvalue weighted by atomic mass is 10.1. The fraction of sp³-hybridized carbons (Fsp3) is 0.333. The molecular formula is C24H28N2O6S. The summed E-state index contributed by atoms with van der Waals surface area (Å²) in [5.41, 5.74) is 1.43. The molecule has 0 spiro atoms. The number of piperazine rings is 1. The number of ether oxygens (including phenoxy) is 1. The predicted octanol–water partition coefficient (Wildman–Crippen LogP) is 2.61. The lowest BCUT2D eigenvalue weighted by Crippen LogP contribution is -2.48. The molecule has 3 N–H and O–H groups in total. The second kappa shape index (κ2) is 12.3. The molecule has 8 nitrogen and oxygen atoms in total. The molecular weight excluding hydrogens is 444 g/mol. The van der Waals surface area contributed by atoms with Crippen LogP contribution in [0.15, 0.2) is 60.0 Å². The zero-order valence-corrected chi connectivity index (χ0v) is 19.0. The van der Waals surface area contributed by atoms with Crippen LogP contribution in [0.5, 0.6) is 5.75 Å². The molecule has 1 aromatic heterocycles. The molecule has 1 fully saturated rings. The third-order valence-electron chi connectivity index (χ3n) is 5.26. The van der Waals surface area contributed by atoms with E-state index in [1.807, 2.05) is 41.7 Å². The Bertz CT molecular complexity index is 1020. The van der Waals surface area contributed by atoms with Crippen LogP contribution in [0.1, 0.15) is 5.56 Å². The van der Waals surface area contributed by atoms with E-state index in [1.165, 1.54) is 15.6 Å². The molecule has 1 aliphatic heterocycles. The van der Waals surface area contributed by atoms with Crippen LogP contribution in [0, 0.1) is 0 Å². The Hall–Kier alpha value is -2.98. The number of nitrogens with zero attached hydrogens (tertiary/aromatic N) is 2. The van der Waals surface area contributed by atoms with Gasteiger partial charge in [-0.3, -0.25) is 9.80 Å². The Morgan fingerprint density at radius 3 is 2.18 bits per heavy atom. The van der Waals surface area contributed by atoms with E-state index in [9.17, 15) is 5.11 Å². The number of hydrogen-bond acceptors (Lipinski definition) is 7. The quantitative estimate of drug-likeness (QED) is 0.450. The Morgan fingerprint density at radius 1 is 0.909 bits per heavy atom. The van der Waals surface area contributed by atoms with Gasteiger partial charge >= 0.3 is 11.9 Å². The molecule has 4 rings (SSSR count). The second-order valence-electron chi connectivity index (χ2n) is 7.72. The maximum atomic E-state index is 10.3. The first-order valence-electron chi connectivity index (χ1n) is 10.6. The highest BCUT2D eigenvalue weighted by atomic mass is 32.1. The van der Waals surface area contributed by atoms with E-state index in [-0.39, 0.29) is 0 Å². The van der Waals surface area contributed by atoms with Crippen molar-refractivity contribution in [2.75, 3.05) is 39.3 Å². The largest absolute Gasteiger partial charge is 0.491 e. The Balaban J connectivity index is 0.000000454. The van der Waals surface area contributed by atoms with E-state index in [4.69, 9.17) is 24.5 Å². The van der Waals surface area contributed by atoms with Crippen molar-refractivity contribution in [2.45, 2.75) is 12.6 Å². The molecule has 9 heteroatoms. The molecule has 1 unspecified atom stereocenters. The van der Waals surface area contributed by atoms with E-state index in [1.54, 1.807) is 0 Å². The smallest absolute Gasteiger partial charge is 0.414 e. The summed E-state index contributed by atoms with van der Waals surface area (Å²) in [4.78, 5) is 23.0. The van der Waals surface area contributed by atoms with Gasteiger partial charge < -0.3 is 20.1 Å². The van der Waals surface area contributed by atoms with Crippen LogP contribution in [0.2, 0.25) is 0 Å². The van der Waals surface area contributed by atoms with E-state index in [0.29, 0.717) is 13.2 Å². The van der Waals surface area contributed by atoms with Crippen LogP contribution in [0.4, 0.5) is 0 Å². The zero-order valence-electron chi connectivity index (χ0n) is 18.2. The van der Waals surface area contributed by atoms with Gasteiger partial charge in [-0.15, -0.1) is 11.3 Å². The summed E-state index contributed by atoms with van der Waals surface area (Å²) < 4.78 is 7.02. The van der Waals surface area contributed by atoms with Crippen molar-refractivity contribution in [3.63, 3.8) is 0 Å². The first-order chi connectivity index (χ1) is 15.9. The number of β-amino-alcohol motifs (C(OH)–C–C–N with tert-alkyl or cyclic N) is 1. The molecule has 0 aliphatic carbocycles. The molecule has 1 aliphatic rings. The fourth-order valence-corrected chi connectivity index (χ4v) is 4.54. The minimum Gasteiger partial charge on any atom is -0.491 e. The monoisotopic (exact) mass is 472 g/mol. The number of hydrogen-bond donors (Lipinski definition) is 3. The number of para-hydroxylation sites is 1. The highest BCUT2D eigenvalue weighted by Crippen LogP contribution is 2.26. The van der Waals surface area contributed by atoms with Gasteiger partial charge in [0.1, 0.15) is 18.5 Å². The lowest BCUT2D eigenvalue weighted by molar-refractivity contribution is -0.159. The number of aliphatic hydroxyl groups excluding tert-OH is 1. The van der Waals surface area contributed by atoms with Gasteiger partial charge in [0.15, 0.2) is 0 Å². The fourth-order valence-electron chi connectivity index (χ4n) is 3.59. The standard InChI is InChI=1S/C22H26N2O2S.C2H2O4/c25-19(16-26-20-6-2-1-3-7-20)15-24-12-10-23(11-13-24)14-18-17-27-22-9-5-4-8-21(18)22;3-1(4)2(5)6/h1-9,17,19,25H,10-16H2;(H,3,4)(H,5,6). The van der Waals surface area contributed by atoms with Crippen molar-refractivity contribution in [2.24, 2.45) is 0 Å². The zero-order chi connectivity index (χ0) is 23.6. The minimum atomic E-state index is -1.82. The topological polar surface area (TPSA) is 111 Å². The molecule has 0 amide bonds. The van der Waals surface area contributed by atoms with Crippen LogP contribution in [0.3, 0.4) is 0 Å². The summed E-state index contributed by atoms with van der Waals surface area (Å²) in [6.07, 6.45) is -0.461. The van der Waals surface area contributed by atoms with Gasteiger partial charge in [0, 0.05) is 44.0 Å².